The molecule has 2 heterocycles. The van der Waals surface area contributed by atoms with Crippen LogP contribution < -0.4 is 4.18 Å². The average Bonchev–Trinajstić information content (AvgIpc) is 3.42. The fourth-order valence-corrected chi connectivity index (χ4v) is 3.64. The molecule has 0 radical (unpaired) electrons. The highest BCUT2D eigenvalue weighted by Crippen LogP contribution is 2.29. The highest BCUT2D eigenvalue weighted by atomic mass is 32.2. The van der Waals surface area contributed by atoms with Gasteiger partial charge in [0.25, 0.3) is 5.89 Å². The minimum absolute atomic E-state index is 0.151. The number of nitrogens with zero attached hydrogens (tertiary/aromatic N) is 5. The van der Waals surface area contributed by atoms with Crippen molar-refractivity contribution in [2.45, 2.75) is 32.7 Å². The fourth-order valence-electron chi connectivity index (χ4n) is 3.13. The number of aromatic nitrogens is 4. The molecular weight excluding hydrogens is 454 g/mol. The minimum atomic E-state index is -3.83. The van der Waals surface area contributed by atoms with E-state index < -0.39 is 10.3 Å². The van der Waals surface area contributed by atoms with Gasteiger partial charge in [0.15, 0.2) is 0 Å². The van der Waals surface area contributed by atoms with Gasteiger partial charge in [-0.15, -0.1) is 0 Å². The van der Waals surface area contributed by atoms with Gasteiger partial charge in [-0.05, 0) is 35.9 Å². The van der Waals surface area contributed by atoms with E-state index in [1.165, 1.54) is 14.1 Å². The smallest absolute Gasteiger partial charge is 0.371 e. The van der Waals surface area contributed by atoms with Crippen LogP contribution in [0, 0.1) is 0 Å². The Morgan fingerprint density at radius 3 is 2.32 bits per heavy atom. The lowest BCUT2D eigenvalue weighted by molar-refractivity contribution is 0.421. The predicted molar refractivity (Wildman–Crippen MR) is 128 cm³/mol. The van der Waals surface area contributed by atoms with Gasteiger partial charge in [-0.1, -0.05) is 56.3 Å². The quantitative estimate of drug-likeness (QED) is 0.391. The van der Waals surface area contributed by atoms with Gasteiger partial charge in [0.1, 0.15) is 11.4 Å². The van der Waals surface area contributed by atoms with Crippen LogP contribution in [-0.4, -0.2) is 46.7 Å². The standard InChI is InChI=1S/C24H27N5O4S/c1-24(2,3)21-15-20(29(26-21)16-17-9-7-6-8-10-17)23-25-22(27-32-23)18-11-13-19(14-12-18)33-34(30,31)28(4)5/h6-15H,16H2,1-5H3. The van der Waals surface area contributed by atoms with E-state index >= 15 is 0 Å². The second kappa shape index (κ2) is 9.03. The molecule has 4 aromatic rings. The molecule has 0 N–H and O–H groups in total. The summed E-state index contributed by atoms with van der Waals surface area (Å²) in [5.74, 6) is 0.920. The molecular formula is C24H27N5O4S. The summed E-state index contributed by atoms with van der Waals surface area (Å²) >= 11 is 0. The molecule has 0 spiro atoms. The second-order valence-corrected chi connectivity index (χ2v) is 10.8. The van der Waals surface area contributed by atoms with Crippen LogP contribution in [0.25, 0.3) is 23.0 Å². The fraction of sp³-hybridized carbons (Fsp3) is 0.292. The van der Waals surface area contributed by atoms with Crippen molar-refractivity contribution >= 4 is 10.3 Å². The first-order valence-electron chi connectivity index (χ1n) is 10.7. The third kappa shape index (κ3) is 5.18. The minimum Gasteiger partial charge on any atom is -0.371 e. The summed E-state index contributed by atoms with van der Waals surface area (Å²) < 4.78 is 37.3. The predicted octanol–water partition coefficient (Wildman–Crippen LogP) is 4.13. The monoisotopic (exact) mass is 481 g/mol. The molecule has 10 heteroatoms. The first kappa shape index (κ1) is 23.7. The van der Waals surface area contributed by atoms with Crippen molar-refractivity contribution in [2.24, 2.45) is 0 Å². The van der Waals surface area contributed by atoms with Crippen molar-refractivity contribution in [1.82, 2.24) is 24.2 Å². The zero-order valence-corrected chi connectivity index (χ0v) is 20.6. The number of hydrogen-bond acceptors (Lipinski definition) is 7. The Balaban J connectivity index is 1.63. The maximum atomic E-state index is 11.9. The molecule has 34 heavy (non-hydrogen) atoms. The van der Waals surface area contributed by atoms with Crippen LogP contribution in [0.2, 0.25) is 0 Å². The van der Waals surface area contributed by atoms with Crippen LogP contribution in [0.4, 0.5) is 0 Å². The molecule has 4 rings (SSSR count). The Labute approximate surface area is 199 Å². The normalized spacial score (nSPS) is 12.3. The average molecular weight is 482 g/mol. The van der Waals surface area contributed by atoms with Crippen molar-refractivity contribution in [1.29, 1.82) is 0 Å². The summed E-state index contributed by atoms with van der Waals surface area (Å²) in [6.07, 6.45) is 0. The highest BCUT2D eigenvalue weighted by Gasteiger charge is 2.24. The van der Waals surface area contributed by atoms with Crippen molar-refractivity contribution in [3.8, 4) is 28.7 Å². The van der Waals surface area contributed by atoms with Crippen LogP contribution in [0.1, 0.15) is 32.0 Å². The molecule has 0 aliphatic carbocycles. The van der Waals surface area contributed by atoms with Gasteiger partial charge in [-0.2, -0.15) is 22.8 Å². The maximum absolute atomic E-state index is 11.9. The van der Waals surface area contributed by atoms with Crippen molar-refractivity contribution in [3.63, 3.8) is 0 Å². The van der Waals surface area contributed by atoms with Gasteiger partial charge in [-0.25, -0.2) is 0 Å². The lowest BCUT2D eigenvalue weighted by atomic mass is 9.92. The molecule has 0 atom stereocenters. The van der Waals surface area contributed by atoms with Crippen molar-refractivity contribution < 1.29 is 17.1 Å². The summed E-state index contributed by atoms with van der Waals surface area (Å²) in [5, 5.41) is 8.93. The summed E-state index contributed by atoms with van der Waals surface area (Å²) in [4.78, 5) is 4.57. The van der Waals surface area contributed by atoms with E-state index in [2.05, 4.69) is 30.9 Å². The Kier molecular flexibility index (Phi) is 6.28. The zero-order valence-electron chi connectivity index (χ0n) is 19.8. The molecule has 0 aliphatic heterocycles. The molecule has 0 bridgehead atoms. The van der Waals surface area contributed by atoms with Gasteiger partial charge in [-0.3, -0.25) is 4.68 Å². The van der Waals surface area contributed by atoms with E-state index in [9.17, 15) is 8.42 Å². The molecule has 178 valence electrons. The summed E-state index contributed by atoms with van der Waals surface area (Å²) in [6.45, 7) is 6.87. The topological polar surface area (TPSA) is 103 Å². The lowest BCUT2D eigenvalue weighted by Crippen LogP contribution is -2.26. The zero-order chi connectivity index (χ0) is 24.5. The molecule has 0 saturated heterocycles. The molecule has 9 nitrogen and oxygen atoms in total. The van der Waals surface area contributed by atoms with Crippen LogP contribution in [0.5, 0.6) is 5.75 Å². The Morgan fingerprint density at radius 1 is 1.03 bits per heavy atom. The maximum Gasteiger partial charge on any atom is 0.384 e. The van der Waals surface area contributed by atoms with E-state index in [1.54, 1.807) is 24.3 Å². The van der Waals surface area contributed by atoms with Crippen molar-refractivity contribution in [3.05, 3.63) is 71.9 Å². The summed E-state index contributed by atoms with van der Waals surface area (Å²) in [5.41, 5.74) is 3.26. The lowest BCUT2D eigenvalue weighted by Gasteiger charge is -2.14. The first-order valence-corrected chi connectivity index (χ1v) is 12.1. The van der Waals surface area contributed by atoms with E-state index in [4.69, 9.17) is 13.8 Å². The molecule has 0 amide bonds. The van der Waals surface area contributed by atoms with E-state index in [0.717, 1.165) is 21.3 Å². The summed E-state index contributed by atoms with van der Waals surface area (Å²) in [6, 6.07) is 18.5. The largest absolute Gasteiger partial charge is 0.384 e. The van der Waals surface area contributed by atoms with Gasteiger partial charge >= 0.3 is 10.3 Å². The molecule has 2 aromatic heterocycles. The van der Waals surface area contributed by atoms with E-state index in [-0.39, 0.29) is 11.2 Å². The van der Waals surface area contributed by atoms with Gasteiger partial charge in [0, 0.05) is 25.1 Å². The van der Waals surface area contributed by atoms with Crippen LogP contribution in [-0.2, 0) is 22.3 Å². The Morgan fingerprint density at radius 2 is 1.71 bits per heavy atom. The summed E-state index contributed by atoms with van der Waals surface area (Å²) in [7, 11) is -1.03. The molecule has 0 aliphatic rings. The third-order valence-electron chi connectivity index (χ3n) is 5.13. The molecule has 0 fully saturated rings. The second-order valence-electron chi connectivity index (χ2n) is 9.08. The first-order chi connectivity index (χ1) is 16.0. The van der Waals surface area contributed by atoms with Crippen molar-refractivity contribution in [2.75, 3.05) is 14.1 Å². The third-order valence-corrected chi connectivity index (χ3v) is 6.43. The highest BCUT2D eigenvalue weighted by molar-refractivity contribution is 7.84. The Hall–Kier alpha value is -3.50. The van der Waals surface area contributed by atoms with Crippen LogP contribution in [0.15, 0.2) is 65.2 Å². The van der Waals surface area contributed by atoms with Crippen LogP contribution >= 0.6 is 0 Å². The van der Waals surface area contributed by atoms with Gasteiger partial charge in [0.05, 0.1) is 12.2 Å². The molecule has 0 saturated carbocycles. The van der Waals surface area contributed by atoms with Crippen LogP contribution in [0.3, 0.4) is 0 Å². The Bertz CT molecular complexity index is 1370. The van der Waals surface area contributed by atoms with Gasteiger partial charge in [0.2, 0.25) is 5.82 Å². The van der Waals surface area contributed by atoms with E-state index in [1.807, 2.05) is 41.1 Å². The molecule has 0 unspecified atom stereocenters. The molecule has 2 aromatic carbocycles. The number of hydrogen-bond donors (Lipinski definition) is 0. The number of rotatable bonds is 7. The van der Waals surface area contributed by atoms with E-state index in [0.29, 0.717) is 23.8 Å². The number of benzene rings is 2. The SMILES string of the molecule is CN(C)S(=O)(=O)Oc1ccc(-c2noc(-c3cc(C(C)(C)C)nn3Cc3ccccc3)n2)cc1. The van der Waals surface area contributed by atoms with Gasteiger partial charge < -0.3 is 8.71 Å².